The molecule has 2 aromatic carbocycles. The van der Waals surface area contributed by atoms with Gasteiger partial charge in [-0.05, 0) is 37.3 Å². The minimum Gasteiger partial charge on any atom is -0.497 e. The molecule has 1 aliphatic heterocycles. The van der Waals surface area contributed by atoms with Crippen LogP contribution in [-0.2, 0) is 0 Å². The van der Waals surface area contributed by atoms with Crippen molar-refractivity contribution in [2.24, 2.45) is 10.7 Å². The van der Waals surface area contributed by atoms with Crippen molar-refractivity contribution in [2.75, 3.05) is 20.3 Å². The number of hydrogen-bond donors (Lipinski definition) is 2. The Kier molecular flexibility index (Phi) is 8.02. The van der Waals surface area contributed by atoms with Crippen molar-refractivity contribution in [1.82, 2.24) is 5.32 Å². The van der Waals surface area contributed by atoms with Crippen LogP contribution in [0.3, 0.4) is 0 Å². The highest BCUT2D eigenvalue weighted by atomic mass is 127. The monoisotopic (exact) mass is 483 g/mol. The Morgan fingerprint density at radius 2 is 1.93 bits per heavy atom. The Hall–Kier alpha value is -2.16. The zero-order valence-electron chi connectivity index (χ0n) is 15.6. The molecule has 0 bridgehead atoms. The lowest BCUT2D eigenvalue weighted by molar-refractivity contribution is 0.229. The van der Waals surface area contributed by atoms with E-state index in [-0.39, 0.29) is 36.1 Å². The second kappa shape index (κ2) is 10.2. The van der Waals surface area contributed by atoms with Crippen molar-refractivity contribution < 1.29 is 14.2 Å². The number of guanidine groups is 1. The van der Waals surface area contributed by atoms with Crippen molar-refractivity contribution in [3.63, 3.8) is 0 Å². The van der Waals surface area contributed by atoms with Gasteiger partial charge in [0.2, 0.25) is 0 Å². The van der Waals surface area contributed by atoms with E-state index in [2.05, 4.69) is 16.4 Å². The van der Waals surface area contributed by atoms with E-state index in [0.29, 0.717) is 19.1 Å². The minimum atomic E-state index is -0.0919. The third-order valence-electron chi connectivity index (χ3n) is 4.20. The molecule has 3 N–H and O–H groups in total. The van der Waals surface area contributed by atoms with E-state index in [1.54, 1.807) is 7.11 Å². The minimum absolute atomic E-state index is 0. The maximum Gasteiger partial charge on any atom is 0.189 e. The largest absolute Gasteiger partial charge is 0.497 e. The van der Waals surface area contributed by atoms with E-state index in [4.69, 9.17) is 19.9 Å². The lowest BCUT2D eigenvalue weighted by atomic mass is 10.0. The molecule has 0 aliphatic carbocycles. The summed E-state index contributed by atoms with van der Waals surface area (Å²) < 4.78 is 16.7. The Bertz CT molecular complexity index is 752. The molecule has 0 fully saturated rings. The summed E-state index contributed by atoms with van der Waals surface area (Å²) in [6, 6.07) is 15.6. The van der Waals surface area contributed by atoms with E-state index in [9.17, 15) is 0 Å². The van der Waals surface area contributed by atoms with E-state index in [1.807, 2.05) is 49.4 Å². The van der Waals surface area contributed by atoms with Crippen LogP contribution in [0.15, 0.2) is 53.5 Å². The number of ether oxygens (including phenoxy) is 3. The molecule has 7 heteroatoms. The summed E-state index contributed by atoms with van der Waals surface area (Å²) in [4.78, 5) is 4.41. The Morgan fingerprint density at radius 1 is 1.22 bits per heavy atom. The van der Waals surface area contributed by atoms with E-state index in [1.165, 1.54) is 0 Å². The van der Waals surface area contributed by atoms with Gasteiger partial charge in [0, 0.05) is 12.0 Å². The lowest BCUT2D eigenvalue weighted by Crippen LogP contribution is -2.38. The molecule has 27 heavy (non-hydrogen) atoms. The highest BCUT2D eigenvalue weighted by Gasteiger charge is 2.21. The fourth-order valence-corrected chi connectivity index (χ4v) is 2.87. The average Bonchev–Trinajstić information content (AvgIpc) is 2.67. The first-order valence-corrected chi connectivity index (χ1v) is 8.74. The molecule has 6 nitrogen and oxygen atoms in total. The molecule has 0 amide bonds. The van der Waals surface area contributed by atoms with Crippen LogP contribution in [0, 0.1) is 0 Å². The number of fused-ring (bicyclic) bond motifs is 1. The quantitative estimate of drug-likeness (QED) is 0.374. The molecule has 2 unspecified atom stereocenters. The third-order valence-corrected chi connectivity index (χ3v) is 4.20. The number of hydrogen-bond acceptors (Lipinski definition) is 4. The summed E-state index contributed by atoms with van der Waals surface area (Å²) in [5, 5.41) is 3.29. The molecule has 0 radical (unpaired) electrons. The SMILES string of the molecule is COc1ccc(OC(C)CN=C(N)NC2CCOc3ccccc32)cc1.I. The molecule has 0 saturated heterocycles. The van der Waals surface area contributed by atoms with Crippen molar-refractivity contribution in [3.8, 4) is 17.2 Å². The van der Waals surface area contributed by atoms with Crippen LogP contribution in [0.25, 0.3) is 0 Å². The number of benzene rings is 2. The molecule has 0 saturated carbocycles. The van der Waals surface area contributed by atoms with Crippen LogP contribution in [-0.4, -0.2) is 32.3 Å². The molecular weight excluding hydrogens is 457 g/mol. The fraction of sp³-hybridized carbons (Fsp3) is 0.350. The normalized spacial score (nSPS) is 17.0. The number of methoxy groups -OCH3 is 1. The number of rotatable bonds is 6. The Balaban J connectivity index is 0.00000261. The Labute approximate surface area is 177 Å². The number of nitrogens with zero attached hydrogens (tertiary/aromatic N) is 1. The van der Waals surface area contributed by atoms with Gasteiger partial charge in [0.05, 0.1) is 26.3 Å². The molecule has 0 aromatic heterocycles. The van der Waals surface area contributed by atoms with Gasteiger partial charge in [0.25, 0.3) is 0 Å². The summed E-state index contributed by atoms with van der Waals surface area (Å²) in [5.41, 5.74) is 7.18. The molecule has 146 valence electrons. The summed E-state index contributed by atoms with van der Waals surface area (Å²) in [5.74, 6) is 2.89. The number of nitrogens with one attached hydrogen (secondary N) is 1. The summed E-state index contributed by atoms with van der Waals surface area (Å²) in [6.45, 7) is 3.10. The summed E-state index contributed by atoms with van der Waals surface area (Å²) >= 11 is 0. The first-order chi connectivity index (χ1) is 12.7. The predicted octanol–water partition coefficient (Wildman–Crippen LogP) is 3.51. The molecule has 1 aliphatic rings. The van der Waals surface area contributed by atoms with E-state index >= 15 is 0 Å². The first-order valence-electron chi connectivity index (χ1n) is 8.74. The predicted molar refractivity (Wildman–Crippen MR) is 117 cm³/mol. The van der Waals surface area contributed by atoms with Crippen LogP contribution in [0.4, 0.5) is 0 Å². The van der Waals surface area contributed by atoms with Crippen LogP contribution >= 0.6 is 24.0 Å². The van der Waals surface area contributed by atoms with Gasteiger partial charge in [-0.15, -0.1) is 24.0 Å². The molecule has 2 atom stereocenters. The van der Waals surface area contributed by atoms with Crippen molar-refractivity contribution >= 4 is 29.9 Å². The highest BCUT2D eigenvalue weighted by Crippen LogP contribution is 2.31. The standard InChI is InChI=1S/C20H25N3O3.HI/c1-14(26-16-9-7-15(24-2)8-10-16)13-22-20(21)23-18-11-12-25-19-6-4-3-5-17(18)19;/h3-10,14,18H,11-13H2,1-2H3,(H3,21,22,23);1H. The molecular formula is C20H26IN3O3. The molecule has 2 aromatic rings. The van der Waals surface area contributed by atoms with Gasteiger partial charge in [-0.2, -0.15) is 0 Å². The smallest absolute Gasteiger partial charge is 0.189 e. The van der Waals surface area contributed by atoms with Crippen LogP contribution in [0.1, 0.15) is 24.9 Å². The van der Waals surface area contributed by atoms with Gasteiger partial charge in [-0.3, -0.25) is 0 Å². The number of aliphatic imine (C=N–C) groups is 1. The average molecular weight is 483 g/mol. The van der Waals surface area contributed by atoms with Gasteiger partial charge in [-0.1, -0.05) is 18.2 Å². The maximum absolute atomic E-state index is 6.07. The van der Waals surface area contributed by atoms with Crippen LogP contribution < -0.4 is 25.3 Å². The van der Waals surface area contributed by atoms with Gasteiger partial charge in [0.15, 0.2) is 5.96 Å². The van der Waals surface area contributed by atoms with Gasteiger partial charge >= 0.3 is 0 Å². The second-order valence-electron chi connectivity index (χ2n) is 6.20. The third kappa shape index (κ3) is 5.92. The number of para-hydroxylation sites is 1. The molecule has 3 rings (SSSR count). The zero-order chi connectivity index (χ0) is 18.4. The second-order valence-corrected chi connectivity index (χ2v) is 6.20. The summed E-state index contributed by atoms with van der Waals surface area (Å²) in [7, 11) is 1.64. The highest BCUT2D eigenvalue weighted by molar-refractivity contribution is 14.0. The van der Waals surface area contributed by atoms with E-state index in [0.717, 1.165) is 29.2 Å². The fourth-order valence-electron chi connectivity index (χ4n) is 2.87. The van der Waals surface area contributed by atoms with Crippen molar-refractivity contribution in [2.45, 2.75) is 25.5 Å². The lowest BCUT2D eigenvalue weighted by Gasteiger charge is -2.27. The number of nitrogens with two attached hydrogens (primary N) is 1. The summed E-state index contributed by atoms with van der Waals surface area (Å²) in [6.07, 6.45) is 0.760. The van der Waals surface area contributed by atoms with Gasteiger partial charge < -0.3 is 25.3 Å². The van der Waals surface area contributed by atoms with Crippen LogP contribution in [0.5, 0.6) is 17.2 Å². The molecule has 1 heterocycles. The van der Waals surface area contributed by atoms with Gasteiger partial charge in [0.1, 0.15) is 23.4 Å². The topological polar surface area (TPSA) is 78.1 Å². The first kappa shape index (κ1) is 21.1. The van der Waals surface area contributed by atoms with Crippen molar-refractivity contribution in [3.05, 3.63) is 54.1 Å². The number of halogens is 1. The molecule has 0 spiro atoms. The maximum atomic E-state index is 6.07. The van der Waals surface area contributed by atoms with Crippen LogP contribution in [0.2, 0.25) is 0 Å². The van der Waals surface area contributed by atoms with Gasteiger partial charge in [-0.25, -0.2) is 4.99 Å². The van der Waals surface area contributed by atoms with E-state index < -0.39 is 0 Å². The van der Waals surface area contributed by atoms with Crippen molar-refractivity contribution in [1.29, 1.82) is 0 Å². The zero-order valence-corrected chi connectivity index (χ0v) is 17.9. The Morgan fingerprint density at radius 3 is 2.67 bits per heavy atom.